The highest BCUT2D eigenvalue weighted by Crippen LogP contribution is 2.29. The molecular weight excluding hydrogens is 220 g/mol. The highest BCUT2D eigenvalue weighted by molar-refractivity contribution is 5.59. The Morgan fingerprint density at radius 3 is 1.72 bits per heavy atom. The van der Waals surface area contributed by atoms with Crippen LogP contribution >= 0.6 is 0 Å². The molecule has 104 valence electrons. The summed E-state index contributed by atoms with van der Waals surface area (Å²) in [5.41, 5.74) is 0. The van der Waals surface area contributed by atoms with E-state index in [0.29, 0.717) is 11.8 Å². The van der Waals surface area contributed by atoms with Crippen molar-refractivity contribution in [3.8, 4) is 0 Å². The van der Waals surface area contributed by atoms with E-state index in [1.54, 1.807) is 0 Å². The third-order valence-electron chi connectivity index (χ3n) is 3.43. The molecule has 0 aromatic heterocycles. The van der Waals surface area contributed by atoms with Crippen LogP contribution in [-0.4, -0.2) is 25.5 Å². The molecule has 0 heterocycles. The molecule has 2 nitrogen and oxygen atoms in total. The molecule has 0 spiro atoms. The van der Waals surface area contributed by atoms with Gasteiger partial charge in [-0.2, -0.15) is 0 Å². The lowest BCUT2D eigenvalue weighted by atomic mass is 9.81. The van der Waals surface area contributed by atoms with E-state index in [0.717, 1.165) is 24.9 Å². The Labute approximate surface area is 113 Å². The van der Waals surface area contributed by atoms with Crippen LogP contribution in [-0.2, 0) is 0 Å². The molecule has 2 unspecified atom stereocenters. The molecule has 0 bridgehead atoms. The molecule has 0 N–H and O–H groups in total. The summed E-state index contributed by atoms with van der Waals surface area (Å²) in [4.78, 5) is 9.15. The second-order valence-electron chi connectivity index (χ2n) is 6.42. The van der Waals surface area contributed by atoms with E-state index < -0.39 is 0 Å². The quantitative estimate of drug-likeness (QED) is 0.630. The molecule has 18 heavy (non-hydrogen) atoms. The summed E-state index contributed by atoms with van der Waals surface area (Å²) in [6, 6.07) is 0. The van der Waals surface area contributed by atoms with Crippen molar-refractivity contribution in [2.75, 3.05) is 13.1 Å². The Morgan fingerprint density at radius 2 is 1.33 bits per heavy atom. The first-order valence-corrected chi connectivity index (χ1v) is 7.57. The van der Waals surface area contributed by atoms with Crippen molar-refractivity contribution in [2.45, 2.75) is 53.4 Å². The molecule has 0 aromatic rings. The minimum Gasteiger partial charge on any atom is -0.297 e. The summed E-state index contributed by atoms with van der Waals surface area (Å²) in [6.45, 7) is 10.8. The topological polar surface area (TPSA) is 24.7 Å². The lowest BCUT2D eigenvalue weighted by Gasteiger charge is -2.27. The minimum atomic E-state index is 0.583. The summed E-state index contributed by atoms with van der Waals surface area (Å²) >= 11 is 0. The molecule has 1 rings (SSSR count). The maximum Gasteiger partial charge on any atom is 0.0413 e. The monoisotopic (exact) mass is 250 g/mol. The minimum absolute atomic E-state index is 0.583. The van der Waals surface area contributed by atoms with Crippen LogP contribution in [0.2, 0.25) is 0 Å². The van der Waals surface area contributed by atoms with Gasteiger partial charge in [0.15, 0.2) is 0 Å². The van der Waals surface area contributed by atoms with Crippen LogP contribution < -0.4 is 0 Å². The van der Waals surface area contributed by atoms with Gasteiger partial charge in [0.2, 0.25) is 0 Å². The van der Waals surface area contributed by atoms with Crippen LogP contribution in [0.15, 0.2) is 9.98 Å². The number of aliphatic imine (C=N–C) groups is 2. The van der Waals surface area contributed by atoms with Gasteiger partial charge >= 0.3 is 0 Å². The smallest absolute Gasteiger partial charge is 0.0413 e. The Balaban J connectivity index is 2.27. The third-order valence-corrected chi connectivity index (χ3v) is 3.43. The maximum absolute atomic E-state index is 4.57. The summed E-state index contributed by atoms with van der Waals surface area (Å²) in [7, 11) is 0. The first-order valence-electron chi connectivity index (χ1n) is 7.57. The zero-order valence-electron chi connectivity index (χ0n) is 12.6. The van der Waals surface area contributed by atoms with Gasteiger partial charge in [0.05, 0.1) is 0 Å². The van der Waals surface area contributed by atoms with Gasteiger partial charge in [-0.25, -0.2) is 0 Å². The maximum atomic E-state index is 4.57. The van der Waals surface area contributed by atoms with Crippen molar-refractivity contribution in [3.05, 3.63) is 0 Å². The van der Waals surface area contributed by atoms with Crippen LogP contribution in [0, 0.1) is 23.7 Å². The zero-order chi connectivity index (χ0) is 13.4. The van der Waals surface area contributed by atoms with E-state index in [1.807, 2.05) is 0 Å². The average Bonchev–Trinajstić information content (AvgIpc) is 2.28. The van der Waals surface area contributed by atoms with E-state index in [2.05, 4.69) is 50.1 Å². The van der Waals surface area contributed by atoms with E-state index in [-0.39, 0.29) is 0 Å². The van der Waals surface area contributed by atoms with E-state index in [1.165, 1.54) is 25.7 Å². The molecule has 0 aliphatic heterocycles. The number of rotatable bonds is 6. The normalized spacial score (nSPS) is 25.9. The number of hydrogen-bond acceptors (Lipinski definition) is 2. The fourth-order valence-electron chi connectivity index (χ4n) is 2.58. The molecular formula is C16H30N2. The van der Waals surface area contributed by atoms with Crippen LogP contribution in [0.5, 0.6) is 0 Å². The zero-order valence-corrected chi connectivity index (χ0v) is 12.6. The van der Waals surface area contributed by atoms with Gasteiger partial charge in [-0.3, -0.25) is 9.98 Å². The first kappa shape index (κ1) is 15.4. The molecule has 2 atom stereocenters. The summed E-state index contributed by atoms with van der Waals surface area (Å²) in [5.74, 6) is 2.76. The lowest BCUT2D eigenvalue weighted by Crippen LogP contribution is -2.20. The third kappa shape index (κ3) is 6.93. The largest absolute Gasteiger partial charge is 0.297 e. The number of nitrogens with zero attached hydrogens (tertiary/aromatic N) is 2. The summed E-state index contributed by atoms with van der Waals surface area (Å²) in [6.07, 6.45) is 9.61. The van der Waals surface area contributed by atoms with Crippen molar-refractivity contribution < 1.29 is 0 Å². The summed E-state index contributed by atoms with van der Waals surface area (Å²) in [5, 5.41) is 0. The second kappa shape index (κ2) is 8.44. The molecule has 1 saturated carbocycles. The Kier molecular flexibility index (Phi) is 7.22. The van der Waals surface area contributed by atoms with Crippen LogP contribution in [0.3, 0.4) is 0 Å². The van der Waals surface area contributed by atoms with Crippen LogP contribution in [0.4, 0.5) is 0 Å². The highest BCUT2D eigenvalue weighted by Gasteiger charge is 2.21. The molecule has 1 aliphatic rings. The van der Waals surface area contributed by atoms with Crippen LogP contribution in [0.25, 0.3) is 0 Å². The van der Waals surface area contributed by atoms with Crippen molar-refractivity contribution >= 4 is 12.4 Å². The predicted molar refractivity (Wildman–Crippen MR) is 81.8 cm³/mol. The van der Waals surface area contributed by atoms with Crippen molar-refractivity contribution in [2.24, 2.45) is 33.7 Å². The average molecular weight is 250 g/mol. The predicted octanol–water partition coefficient (Wildman–Crippen LogP) is 4.25. The van der Waals surface area contributed by atoms with Crippen molar-refractivity contribution in [1.29, 1.82) is 0 Å². The Bertz CT molecular complexity index is 240. The highest BCUT2D eigenvalue weighted by atomic mass is 14.7. The molecule has 0 saturated heterocycles. The fourth-order valence-corrected chi connectivity index (χ4v) is 2.58. The van der Waals surface area contributed by atoms with Gasteiger partial charge in [0, 0.05) is 25.5 Å². The molecule has 0 aromatic carbocycles. The van der Waals surface area contributed by atoms with Gasteiger partial charge in [-0.15, -0.1) is 0 Å². The van der Waals surface area contributed by atoms with E-state index in [4.69, 9.17) is 0 Å². The van der Waals surface area contributed by atoms with Gasteiger partial charge in [-0.1, -0.05) is 34.1 Å². The van der Waals surface area contributed by atoms with E-state index >= 15 is 0 Å². The van der Waals surface area contributed by atoms with Gasteiger partial charge in [-0.05, 0) is 42.9 Å². The van der Waals surface area contributed by atoms with E-state index in [9.17, 15) is 0 Å². The van der Waals surface area contributed by atoms with Crippen LogP contribution in [0.1, 0.15) is 53.4 Å². The van der Waals surface area contributed by atoms with Crippen molar-refractivity contribution in [1.82, 2.24) is 0 Å². The molecule has 2 heteroatoms. The molecule has 1 fully saturated rings. The Hall–Kier alpha value is -0.660. The molecule has 1 aliphatic carbocycles. The number of hydrogen-bond donors (Lipinski definition) is 0. The molecule has 0 amide bonds. The van der Waals surface area contributed by atoms with Gasteiger partial charge in [0.25, 0.3) is 0 Å². The lowest BCUT2D eigenvalue weighted by molar-refractivity contribution is 0.278. The standard InChI is InChI=1S/C16H30N2/c1-13(2)9-17-11-15-6-5-7-16(8-15)12-18-10-14(3)4/h9-10,13-16H,5-8,11-12H2,1-4H3. The van der Waals surface area contributed by atoms with Crippen molar-refractivity contribution in [3.63, 3.8) is 0 Å². The first-order chi connectivity index (χ1) is 8.58. The van der Waals surface area contributed by atoms with Gasteiger partial charge in [0.1, 0.15) is 0 Å². The molecule has 0 radical (unpaired) electrons. The summed E-state index contributed by atoms with van der Waals surface area (Å²) < 4.78 is 0. The second-order valence-corrected chi connectivity index (χ2v) is 6.42. The SMILES string of the molecule is CC(C)C=NCC1CCCC(CN=CC(C)C)C1. The fraction of sp³-hybridized carbons (Fsp3) is 0.875. The Morgan fingerprint density at radius 1 is 0.889 bits per heavy atom. The van der Waals surface area contributed by atoms with Gasteiger partial charge < -0.3 is 0 Å².